The summed E-state index contributed by atoms with van der Waals surface area (Å²) in [6, 6.07) is 22.7. The molecule has 0 radical (unpaired) electrons. The van der Waals surface area contributed by atoms with Gasteiger partial charge in [0.15, 0.2) is 0 Å². The van der Waals surface area contributed by atoms with Gasteiger partial charge in [-0.05, 0) is 73.5 Å². The van der Waals surface area contributed by atoms with Crippen molar-refractivity contribution >= 4 is 28.0 Å². The summed E-state index contributed by atoms with van der Waals surface area (Å²) in [5.74, 6) is 1.01. The van der Waals surface area contributed by atoms with Crippen molar-refractivity contribution in [1.29, 1.82) is 0 Å². The molecule has 0 saturated carbocycles. The van der Waals surface area contributed by atoms with Gasteiger partial charge < -0.3 is 15.6 Å². The summed E-state index contributed by atoms with van der Waals surface area (Å²) in [7, 11) is 0. The van der Waals surface area contributed by atoms with Crippen LogP contribution >= 0.6 is 17.0 Å². The number of para-hydroxylation sites is 2. The van der Waals surface area contributed by atoms with Gasteiger partial charge in [-0.25, -0.2) is 4.98 Å². The summed E-state index contributed by atoms with van der Waals surface area (Å²) in [5.41, 5.74) is 7.42. The first-order chi connectivity index (χ1) is 17.8. The zero-order valence-electron chi connectivity index (χ0n) is 21.3. The van der Waals surface area contributed by atoms with Crippen LogP contribution in [0.3, 0.4) is 0 Å². The zero-order valence-corrected chi connectivity index (χ0v) is 23.0. The predicted octanol–water partition coefficient (Wildman–Crippen LogP) is 5.46. The number of nitrogens with one attached hydrogen (secondary N) is 3. The van der Waals surface area contributed by atoms with Crippen LogP contribution in [0.5, 0.6) is 0 Å². The van der Waals surface area contributed by atoms with Gasteiger partial charge in [0.1, 0.15) is 5.82 Å². The van der Waals surface area contributed by atoms with Gasteiger partial charge in [0.05, 0.1) is 29.3 Å². The van der Waals surface area contributed by atoms with E-state index in [4.69, 9.17) is 9.97 Å². The van der Waals surface area contributed by atoms with Gasteiger partial charge in [0.25, 0.3) is 0 Å². The Morgan fingerprint density at radius 1 is 0.919 bits per heavy atom. The van der Waals surface area contributed by atoms with E-state index in [1.54, 1.807) is 0 Å². The minimum absolute atomic E-state index is 0. The second-order valence-electron chi connectivity index (χ2n) is 10.3. The maximum Gasteiger partial charge on any atom is 0.121 e. The van der Waals surface area contributed by atoms with E-state index < -0.39 is 0 Å². The fraction of sp³-hybridized carbons (Fsp3) is 0.400. The smallest absolute Gasteiger partial charge is 0.121 e. The largest absolute Gasteiger partial charge is 0.341 e. The van der Waals surface area contributed by atoms with Gasteiger partial charge in [0, 0.05) is 31.9 Å². The van der Waals surface area contributed by atoms with Crippen LogP contribution in [0.15, 0.2) is 66.9 Å². The predicted molar refractivity (Wildman–Crippen MR) is 155 cm³/mol. The third kappa shape index (κ3) is 6.29. The number of hydrogen-bond acceptors (Lipinski definition) is 5. The Kier molecular flexibility index (Phi) is 8.66. The summed E-state index contributed by atoms with van der Waals surface area (Å²) < 4.78 is 0. The molecule has 1 fully saturated rings. The number of aryl methyl sites for hydroxylation is 1. The highest BCUT2D eigenvalue weighted by Gasteiger charge is 2.28. The zero-order chi connectivity index (χ0) is 24.2. The van der Waals surface area contributed by atoms with Gasteiger partial charge in [-0.1, -0.05) is 42.5 Å². The Morgan fingerprint density at radius 2 is 1.78 bits per heavy atom. The number of aromatic amines is 1. The molecule has 6 nitrogen and oxygen atoms in total. The highest BCUT2D eigenvalue weighted by molar-refractivity contribution is 8.93. The first kappa shape index (κ1) is 26.0. The van der Waals surface area contributed by atoms with Gasteiger partial charge >= 0.3 is 0 Å². The minimum Gasteiger partial charge on any atom is -0.341 e. The molecule has 7 heteroatoms. The van der Waals surface area contributed by atoms with E-state index in [0.717, 1.165) is 62.4 Å². The molecule has 2 unspecified atom stereocenters. The fourth-order valence-corrected chi connectivity index (χ4v) is 5.81. The Labute approximate surface area is 230 Å². The number of benzene rings is 2. The molecular weight excluding hydrogens is 524 g/mol. The molecule has 1 saturated heterocycles. The molecule has 2 aromatic heterocycles. The lowest BCUT2D eigenvalue weighted by Gasteiger charge is -2.34. The quantitative estimate of drug-likeness (QED) is 0.253. The average Bonchev–Trinajstić information content (AvgIpc) is 3.58. The van der Waals surface area contributed by atoms with Crippen LogP contribution in [0.4, 0.5) is 0 Å². The summed E-state index contributed by atoms with van der Waals surface area (Å²) in [5, 5.41) is 7.18. The van der Waals surface area contributed by atoms with E-state index in [1.165, 1.54) is 41.6 Å². The second-order valence-corrected chi connectivity index (χ2v) is 10.3. The molecule has 194 valence electrons. The van der Waals surface area contributed by atoms with Crippen LogP contribution in [0.1, 0.15) is 59.9 Å². The van der Waals surface area contributed by atoms with Crippen LogP contribution in [-0.4, -0.2) is 39.0 Å². The molecule has 0 spiro atoms. The van der Waals surface area contributed by atoms with Crippen molar-refractivity contribution in [1.82, 2.24) is 30.5 Å². The first-order valence-corrected chi connectivity index (χ1v) is 13.5. The maximum atomic E-state index is 4.89. The van der Waals surface area contributed by atoms with Crippen LogP contribution in [0, 0.1) is 0 Å². The molecule has 2 aromatic carbocycles. The topological polar surface area (TPSA) is 68.9 Å². The van der Waals surface area contributed by atoms with Crippen molar-refractivity contribution in [2.45, 2.75) is 63.8 Å². The number of halogens is 1. The molecule has 3 N–H and O–H groups in total. The molecule has 4 aromatic rings. The Balaban J connectivity index is 0.00000280. The summed E-state index contributed by atoms with van der Waals surface area (Å²) >= 11 is 0. The number of hydrogen-bond donors (Lipinski definition) is 3. The van der Waals surface area contributed by atoms with E-state index in [1.807, 2.05) is 12.3 Å². The molecular formula is C30H37BrN6. The first-order valence-electron chi connectivity index (χ1n) is 13.5. The van der Waals surface area contributed by atoms with Gasteiger partial charge in [0.2, 0.25) is 0 Å². The molecule has 2 aliphatic rings. The van der Waals surface area contributed by atoms with Crippen molar-refractivity contribution in [3.63, 3.8) is 0 Å². The lowest BCUT2D eigenvalue weighted by Crippen LogP contribution is -2.33. The number of aromatic nitrogens is 3. The van der Waals surface area contributed by atoms with Crippen LogP contribution in [0.2, 0.25) is 0 Å². The number of H-pyrrole nitrogens is 1. The molecule has 1 aliphatic heterocycles. The number of rotatable bonds is 9. The standard InChI is InChI=1S/C30H36N6.BrH/c1-2-10-27-26(9-1)34-29(35-27)21-36(28-11-3-6-24-7-4-17-33-30(24)28)20-23-14-12-22(13-15-23)18-31-19-25-8-5-16-32-25;/h1-2,4,7,9-10,12-15,17,25,28,31-32H,3,5-6,8,11,16,18-21H2,(H,34,35);1H. The van der Waals surface area contributed by atoms with E-state index in [2.05, 4.69) is 75.1 Å². The second kappa shape index (κ2) is 12.3. The summed E-state index contributed by atoms with van der Waals surface area (Å²) in [6.45, 7) is 4.76. The van der Waals surface area contributed by atoms with Crippen molar-refractivity contribution in [2.24, 2.45) is 0 Å². The minimum atomic E-state index is 0. The highest BCUT2D eigenvalue weighted by atomic mass is 79.9. The normalized spacial score (nSPS) is 19.2. The number of fused-ring (bicyclic) bond motifs is 2. The lowest BCUT2D eigenvalue weighted by molar-refractivity contribution is 0.153. The van der Waals surface area contributed by atoms with Crippen molar-refractivity contribution in [3.8, 4) is 0 Å². The highest BCUT2D eigenvalue weighted by Crippen LogP contribution is 2.34. The van der Waals surface area contributed by atoms with Gasteiger partial charge in [-0.15, -0.1) is 17.0 Å². The van der Waals surface area contributed by atoms with Crippen LogP contribution in [-0.2, 0) is 26.1 Å². The van der Waals surface area contributed by atoms with Gasteiger partial charge in [-0.2, -0.15) is 0 Å². The molecule has 6 rings (SSSR count). The van der Waals surface area contributed by atoms with E-state index in [0.29, 0.717) is 12.1 Å². The molecule has 0 amide bonds. The number of nitrogens with zero attached hydrogens (tertiary/aromatic N) is 3. The molecule has 37 heavy (non-hydrogen) atoms. The number of pyridine rings is 1. The SMILES string of the molecule is Br.c1cnc2c(c1)CCCC2N(Cc1ccc(CNCC2CCCN2)cc1)Cc1nc2ccccc2[nH]1. The average molecular weight is 562 g/mol. The Morgan fingerprint density at radius 3 is 2.62 bits per heavy atom. The maximum absolute atomic E-state index is 4.89. The third-order valence-corrected chi connectivity index (χ3v) is 7.69. The Bertz CT molecular complexity index is 1250. The van der Waals surface area contributed by atoms with Gasteiger partial charge in [-0.3, -0.25) is 9.88 Å². The van der Waals surface area contributed by atoms with Crippen molar-refractivity contribution < 1.29 is 0 Å². The van der Waals surface area contributed by atoms with Crippen LogP contribution in [0.25, 0.3) is 11.0 Å². The van der Waals surface area contributed by atoms with Crippen molar-refractivity contribution in [2.75, 3.05) is 13.1 Å². The van der Waals surface area contributed by atoms with Crippen LogP contribution < -0.4 is 10.6 Å². The Hall–Kier alpha value is -2.58. The summed E-state index contributed by atoms with van der Waals surface area (Å²) in [6.07, 6.45) is 7.97. The van der Waals surface area contributed by atoms with Crippen molar-refractivity contribution in [3.05, 3.63) is 95.1 Å². The molecule has 0 bridgehead atoms. The van der Waals surface area contributed by atoms with E-state index in [-0.39, 0.29) is 17.0 Å². The van der Waals surface area contributed by atoms with E-state index in [9.17, 15) is 0 Å². The number of imidazole rings is 1. The monoisotopic (exact) mass is 560 g/mol. The molecule has 2 atom stereocenters. The molecule has 1 aliphatic carbocycles. The summed E-state index contributed by atoms with van der Waals surface area (Å²) in [4.78, 5) is 15.8. The lowest BCUT2D eigenvalue weighted by atomic mass is 9.90. The fourth-order valence-electron chi connectivity index (χ4n) is 5.81. The van der Waals surface area contributed by atoms with E-state index >= 15 is 0 Å². The molecule has 3 heterocycles. The third-order valence-electron chi connectivity index (χ3n) is 7.69.